The van der Waals surface area contributed by atoms with Crippen LogP contribution in [0.2, 0.25) is 0 Å². The summed E-state index contributed by atoms with van der Waals surface area (Å²) in [6.07, 6.45) is -2.46. The second kappa shape index (κ2) is 11.5. The van der Waals surface area contributed by atoms with Crippen LogP contribution in [0, 0.1) is 0 Å². The molecule has 1 unspecified atom stereocenters. The van der Waals surface area contributed by atoms with Crippen molar-refractivity contribution < 1.29 is 27.5 Å². The van der Waals surface area contributed by atoms with E-state index in [9.17, 15) is 22.8 Å². The number of halogens is 4. The lowest BCUT2D eigenvalue weighted by Gasteiger charge is -2.35. The molecule has 0 aromatic carbocycles. The first-order chi connectivity index (χ1) is 11.7. The quantitative estimate of drug-likeness (QED) is 0.164. The van der Waals surface area contributed by atoms with E-state index in [-0.39, 0.29) is 30.5 Å². The number of carbonyl (C=O) groups excluding carboxylic acids is 2. The SMILES string of the molecule is C=CCNC(NCC=C)([PH+]=S)N(CC(=O)OCCCl)C(=O)C(F)(F)F. The largest absolute Gasteiger partial charge is 0.471 e. The lowest BCUT2D eigenvalue weighted by molar-refractivity contribution is -0.192. The highest BCUT2D eigenvalue weighted by molar-refractivity contribution is 7.97. The molecule has 0 rings (SSSR count). The Hall–Kier alpha value is -1.06. The lowest BCUT2D eigenvalue weighted by atomic mass is 10.4. The molecule has 0 saturated carbocycles. The molecule has 0 saturated heterocycles. The first-order valence-electron chi connectivity index (χ1n) is 6.90. The molecule has 2 N–H and O–H groups in total. The Labute approximate surface area is 155 Å². The van der Waals surface area contributed by atoms with Crippen LogP contribution in [0.4, 0.5) is 13.2 Å². The summed E-state index contributed by atoms with van der Waals surface area (Å²) in [5, 5.41) is 5.37. The molecule has 0 aliphatic heterocycles. The Morgan fingerprint density at radius 2 is 1.76 bits per heavy atom. The fourth-order valence-electron chi connectivity index (χ4n) is 1.64. The molecule has 142 valence electrons. The van der Waals surface area contributed by atoms with Crippen molar-refractivity contribution in [3.63, 3.8) is 0 Å². The first kappa shape index (κ1) is 23.9. The van der Waals surface area contributed by atoms with Gasteiger partial charge in [-0.15, -0.1) is 24.8 Å². The van der Waals surface area contributed by atoms with Crippen LogP contribution in [0.3, 0.4) is 0 Å². The Morgan fingerprint density at radius 3 is 2.12 bits per heavy atom. The fourth-order valence-corrected chi connectivity index (χ4v) is 3.12. The number of amides is 1. The Kier molecular flexibility index (Phi) is 11.0. The second-order valence-corrected chi connectivity index (χ2v) is 6.37. The van der Waals surface area contributed by atoms with Crippen LogP contribution in [-0.2, 0) is 26.1 Å². The van der Waals surface area contributed by atoms with E-state index in [1.807, 2.05) is 0 Å². The molecule has 1 amide bonds. The first-order valence-corrected chi connectivity index (χ1v) is 9.56. The standard InChI is InChI=1S/C13H18ClF3N3O3PS/c1-3-6-18-13(24-25,19-7-4-2)20(11(22)12(15,16)17)9-10(21)23-8-5-14/h3-4,18-19H,1-2,5-9H2/p+1. The highest BCUT2D eigenvalue weighted by Gasteiger charge is 2.54. The molecular formula is C13H19ClF3N3O3PS+. The zero-order valence-corrected chi connectivity index (χ0v) is 15.8. The van der Waals surface area contributed by atoms with E-state index in [4.69, 9.17) is 23.4 Å². The number of rotatable bonds is 12. The van der Waals surface area contributed by atoms with Gasteiger partial charge in [0.1, 0.15) is 13.2 Å². The van der Waals surface area contributed by atoms with Gasteiger partial charge in [0.2, 0.25) is 7.36 Å². The summed E-state index contributed by atoms with van der Waals surface area (Å²) in [6, 6.07) is 0. The highest BCUT2D eigenvalue weighted by atomic mass is 35.5. The van der Waals surface area contributed by atoms with Gasteiger partial charge in [0.15, 0.2) is 11.8 Å². The van der Waals surface area contributed by atoms with Crippen LogP contribution in [-0.4, -0.2) is 60.6 Å². The minimum atomic E-state index is -5.21. The van der Waals surface area contributed by atoms with E-state index in [0.29, 0.717) is 0 Å². The third-order valence-electron chi connectivity index (χ3n) is 2.67. The van der Waals surface area contributed by atoms with Gasteiger partial charge < -0.3 is 4.74 Å². The molecule has 25 heavy (non-hydrogen) atoms. The molecule has 0 aromatic heterocycles. The summed E-state index contributed by atoms with van der Waals surface area (Å²) >= 11 is 10.3. The molecule has 0 radical (unpaired) electrons. The summed E-state index contributed by atoms with van der Waals surface area (Å²) in [5.41, 5.74) is -1.80. The van der Waals surface area contributed by atoms with Gasteiger partial charge in [-0.3, -0.25) is 14.5 Å². The zero-order chi connectivity index (χ0) is 19.5. The third-order valence-corrected chi connectivity index (χ3v) is 4.63. The van der Waals surface area contributed by atoms with Crippen molar-refractivity contribution >= 4 is 42.6 Å². The van der Waals surface area contributed by atoms with Crippen LogP contribution in [0.5, 0.6) is 0 Å². The smallest absolute Gasteiger partial charge is 0.463 e. The molecule has 6 nitrogen and oxygen atoms in total. The van der Waals surface area contributed by atoms with Gasteiger partial charge >= 0.3 is 23.6 Å². The maximum Gasteiger partial charge on any atom is 0.471 e. The number of esters is 1. The van der Waals surface area contributed by atoms with Gasteiger partial charge in [-0.25, -0.2) is 10.6 Å². The maximum absolute atomic E-state index is 13.0. The molecule has 1 atom stereocenters. The predicted octanol–water partition coefficient (Wildman–Crippen LogP) is 1.46. The maximum atomic E-state index is 13.0. The minimum Gasteiger partial charge on any atom is -0.463 e. The van der Waals surface area contributed by atoms with Crippen LogP contribution < -0.4 is 10.6 Å². The van der Waals surface area contributed by atoms with Gasteiger partial charge in [0, 0.05) is 13.1 Å². The average molecular weight is 421 g/mol. The number of carbonyl (C=O) groups is 2. The monoisotopic (exact) mass is 420 g/mol. The molecule has 0 spiro atoms. The van der Waals surface area contributed by atoms with Crippen molar-refractivity contribution in [3.05, 3.63) is 25.3 Å². The number of nitrogens with one attached hydrogen (secondary N) is 2. The van der Waals surface area contributed by atoms with Crippen molar-refractivity contribution in [2.45, 2.75) is 11.7 Å². The normalized spacial score (nSPS) is 11.8. The van der Waals surface area contributed by atoms with E-state index in [1.54, 1.807) is 0 Å². The van der Waals surface area contributed by atoms with E-state index < -0.39 is 37.5 Å². The summed E-state index contributed by atoms with van der Waals surface area (Å²) in [4.78, 5) is 24.0. The third kappa shape index (κ3) is 7.79. The van der Waals surface area contributed by atoms with Gasteiger partial charge in [-0.2, -0.15) is 13.2 Å². The van der Waals surface area contributed by atoms with E-state index in [1.165, 1.54) is 12.2 Å². The fraction of sp³-hybridized carbons (Fsp3) is 0.538. The van der Waals surface area contributed by atoms with Crippen LogP contribution in [0.25, 0.3) is 0 Å². The van der Waals surface area contributed by atoms with E-state index in [2.05, 4.69) is 28.5 Å². The Balaban J connectivity index is 5.82. The molecule has 0 aliphatic rings. The Bertz CT molecular complexity index is 497. The highest BCUT2D eigenvalue weighted by Crippen LogP contribution is 2.28. The second-order valence-electron chi connectivity index (χ2n) is 4.45. The molecular weight excluding hydrogens is 402 g/mol. The summed E-state index contributed by atoms with van der Waals surface area (Å²) in [5.74, 6) is -3.31. The van der Waals surface area contributed by atoms with Gasteiger partial charge in [-0.05, 0) is 0 Å². The van der Waals surface area contributed by atoms with Crippen molar-refractivity contribution in [1.82, 2.24) is 15.5 Å². The minimum absolute atomic E-state index is 0.0314. The van der Waals surface area contributed by atoms with Gasteiger partial charge in [-0.1, -0.05) is 12.2 Å². The molecule has 0 heterocycles. The zero-order valence-electron chi connectivity index (χ0n) is 13.2. The summed E-state index contributed by atoms with van der Waals surface area (Å²) in [7, 11) is -0.670. The summed E-state index contributed by atoms with van der Waals surface area (Å²) < 4.78 is 43.7. The summed E-state index contributed by atoms with van der Waals surface area (Å²) in [6.45, 7) is 5.82. The number of alkyl halides is 4. The molecule has 0 aliphatic carbocycles. The van der Waals surface area contributed by atoms with Crippen molar-refractivity contribution in [2.75, 3.05) is 32.1 Å². The van der Waals surface area contributed by atoms with Gasteiger partial charge in [0.05, 0.1) is 5.88 Å². The number of hydrogen-bond donors (Lipinski definition) is 2. The topological polar surface area (TPSA) is 70.7 Å². The van der Waals surface area contributed by atoms with E-state index in [0.717, 1.165) is 0 Å². The van der Waals surface area contributed by atoms with Crippen LogP contribution in [0.1, 0.15) is 0 Å². The van der Waals surface area contributed by atoms with Crippen molar-refractivity contribution in [1.29, 1.82) is 0 Å². The van der Waals surface area contributed by atoms with E-state index >= 15 is 0 Å². The molecule has 0 fully saturated rings. The van der Waals surface area contributed by atoms with Crippen molar-refractivity contribution in [2.24, 2.45) is 0 Å². The number of hydrogen-bond acceptors (Lipinski definition) is 6. The molecule has 0 aromatic rings. The predicted molar refractivity (Wildman–Crippen MR) is 94.3 cm³/mol. The Morgan fingerprint density at radius 1 is 1.24 bits per heavy atom. The number of ether oxygens (including phenoxy) is 1. The molecule has 0 bridgehead atoms. The molecule has 12 heteroatoms. The van der Waals surface area contributed by atoms with Crippen molar-refractivity contribution in [3.8, 4) is 0 Å². The van der Waals surface area contributed by atoms with Crippen LogP contribution >= 0.6 is 19.0 Å². The van der Waals surface area contributed by atoms with Gasteiger partial charge in [0.25, 0.3) is 0 Å². The average Bonchev–Trinajstić information content (AvgIpc) is 2.57. The number of nitrogens with zero attached hydrogens (tertiary/aromatic N) is 1. The van der Waals surface area contributed by atoms with Crippen LogP contribution in [0.15, 0.2) is 25.3 Å². The lowest BCUT2D eigenvalue weighted by Crippen LogP contribution is -2.68.